The van der Waals surface area contributed by atoms with Crippen molar-refractivity contribution in [3.63, 3.8) is 0 Å². The monoisotopic (exact) mass is 240 g/mol. The maximum absolute atomic E-state index is 13.7. The number of benzene rings is 1. The van der Waals surface area contributed by atoms with Gasteiger partial charge in [0.25, 0.3) is 0 Å². The SMILES string of the molecule is NCCCc1nccc2cc(F)c(F)c(F)c12. The van der Waals surface area contributed by atoms with E-state index in [4.69, 9.17) is 5.73 Å². The van der Waals surface area contributed by atoms with Crippen LogP contribution < -0.4 is 5.73 Å². The summed E-state index contributed by atoms with van der Waals surface area (Å²) in [6, 6.07) is 2.42. The summed E-state index contributed by atoms with van der Waals surface area (Å²) < 4.78 is 39.9. The fraction of sp³-hybridized carbons (Fsp3) is 0.250. The van der Waals surface area contributed by atoms with E-state index in [1.54, 1.807) is 0 Å². The smallest absolute Gasteiger partial charge is 0.195 e. The maximum Gasteiger partial charge on any atom is 0.195 e. The molecule has 0 amide bonds. The molecule has 0 spiro atoms. The van der Waals surface area contributed by atoms with Crippen LogP contribution >= 0.6 is 0 Å². The minimum Gasteiger partial charge on any atom is -0.330 e. The molecule has 2 rings (SSSR count). The second kappa shape index (κ2) is 4.71. The van der Waals surface area contributed by atoms with Gasteiger partial charge in [0.2, 0.25) is 0 Å². The lowest BCUT2D eigenvalue weighted by Crippen LogP contribution is -2.03. The summed E-state index contributed by atoms with van der Waals surface area (Å²) in [5.41, 5.74) is 5.76. The third-order valence-corrected chi connectivity index (χ3v) is 2.58. The molecule has 1 heterocycles. The highest BCUT2D eigenvalue weighted by Crippen LogP contribution is 2.25. The van der Waals surface area contributed by atoms with Crippen LogP contribution in [0.1, 0.15) is 12.1 Å². The molecule has 0 aliphatic rings. The Labute approximate surface area is 96.3 Å². The van der Waals surface area contributed by atoms with Crippen molar-refractivity contribution in [2.75, 3.05) is 6.54 Å². The molecule has 0 fully saturated rings. The van der Waals surface area contributed by atoms with Gasteiger partial charge in [-0.1, -0.05) is 0 Å². The van der Waals surface area contributed by atoms with Crippen LogP contribution in [0.3, 0.4) is 0 Å². The Morgan fingerprint density at radius 3 is 2.65 bits per heavy atom. The van der Waals surface area contributed by atoms with Gasteiger partial charge in [-0.3, -0.25) is 4.98 Å². The molecule has 0 unspecified atom stereocenters. The first-order chi connectivity index (χ1) is 8.15. The number of hydrogen-bond donors (Lipinski definition) is 1. The molecule has 0 radical (unpaired) electrons. The molecule has 2 nitrogen and oxygen atoms in total. The number of halogens is 3. The fourth-order valence-electron chi connectivity index (χ4n) is 1.77. The molecule has 2 aromatic rings. The lowest BCUT2D eigenvalue weighted by Gasteiger charge is -2.07. The topological polar surface area (TPSA) is 38.9 Å². The average Bonchev–Trinajstić information content (AvgIpc) is 2.33. The van der Waals surface area contributed by atoms with E-state index < -0.39 is 17.5 Å². The highest BCUT2D eigenvalue weighted by Gasteiger charge is 2.16. The third-order valence-electron chi connectivity index (χ3n) is 2.58. The van der Waals surface area contributed by atoms with Crippen LogP contribution in [0.5, 0.6) is 0 Å². The van der Waals surface area contributed by atoms with E-state index in [0.717, 1.165) is 6.07 Å². The Morgan fingerprint density at radius 2 is 1.94 bits per heavy atom. The second-order valence-corrected chi connectivity index (χ2v) is 3.73. The molecular formula is C12H11F3N2. The van der Waals surface area contributed by atoms with Gasteiger partial charge in [-0.05, 0) is 36.9 Å². The minimum absolute atomic E-state index is 0.0415. The van der Waals surface area contributed by atoms with Crippen LogP contribution in [0.15, 0.2) is 18.3 Å². The quantitative estimate of drug-likeness (QED) is 0.837. The van der Waals surface area contributed by atoms with Gasteiger partial charge in [0.05, 0.1) is 5.69 Å². The summed E-state index contributed by atoms with van der Waals surface area (Å²) >= 11 is 0. The van der Waals surface area contributed by atoms with E-state index in [1.807, 2.05) is 0 Å². The Balaban J connectivity index is 2.66. The van der Waals surface area contributed by atoms with Gasteiger partial charge in [-0.25, -0.2) is 13.2 Å². The van der Waals surface area contributed by atoms with E-state index >= 15 is 0 Å². The highest BCUT2D eigenvalue weighted by molar-refractivity contribution is 5.85. The van der Waals surface area contributed by atoms with Crippen molar-refractivity contribution in [3.05, 3.63) is 41.5 Å². The summed E-state index contributed by atoms with van der Waals surface area (Å²) in [7, 11) is 0. The van der Waals surface area contributed by atoms with E-state index in [2.05, 4.69) is 4.98 Å². The Kier molecular flexibility index (Phi) is 3.28. The van der Waals surface area contributed by atoms with Crippen LogP contribution in [-0.2, 0) is 6.42 Å². The molecule has 2 N–H and O–H groups in total. The second-order valence-electron chi connectivity index (χ2n) is 3.73. The van der Waals surface area contributed by atoms with Crippen LogP contribution in [0.25, 0.3) is 10.8 Å². The van der Waals surface area contributed by atoms with Crippen LogP contribution in [-0.4, -0.2) is 11.5 Å². The summed E-state index contributed by atoms with van der Waals surface area (Å²) in [6.45, 7) is 0.434. The van der Waals surface area contributed by atoms with E-state index in [9.17, 15) is 13.2 Å². The lowest BCUT2D eigenvalue weighted by atomic mass is 10.1. The number of aryl methyl sites for hydroxylation is 1. The van der Waals surface area contributed by atoms with Crippen molar-refractivity contribution >= 4 is 10.8 Å². The Morgan fingerprint density at radius 1 is 1.18 bits per heavy atom. The fourth-order valence-corrected chi connectivity index (χ4v) is 1.77. The number of fused-ring (bicyclic) bond motifs is 1. The lowest BCUT2D eigenvalue weighted by molar-refractivity contribution is 0.453. The molecule has 0 bridgehead atoms. The predicted molar refractivity (Wildman–Crippen MR) is 59.0 cm³/mol. The average molecular weight is 240 g/mol. The molecule has 0 aliphatic heterocycles. The van der Waals surface area contributed by atoms with E-state index in [0.29, 0.717) is 30.5 Å². The van der Waals surface area contributed by atoms with Crippen molar-refractivity contribution in [2.24, 2.45) is 5.73 Å². The Hall–Kier alpha value is -1.62. The molecule has 0 aliphatic carbocycles. The van der Waals surface area contributed by atoms with Crippen molar-refractivity contribution in [3.8, 4) is 0 Å². The van der Waals surface area contributed by atoms with Crippen LogP contribution in [0.2, 0.25) is 0 Å². The first-order valence-corrected chi connectivity index (χ1v) is 5.26. The van der Waals surface area contributed by atoms with Crippen molar-refractivity contribution in [2.45, 2.75) is 12.8 Å². The van der Waals surface area contributed by atoms with Crippen LogP contribution in [0, 0.1) is 17.5 Å². The molecule has 90 valence electrons. The number of hydrogen-bond acceptors (Lipinski definition) is 2. The van der Waals surface area contributed by atoms with Crippen LogP contribution in [0.4, 0.5) is 13.2 Å². The largest absolute Gasteiger partial charge is 0.330 e. The maximum atomic E-state index is 13.7. The summed E-state index contributed by atoms with van der Waals surface area (Å²) in [5, 5.41) is 0.350. The first-order valence-electron chi connectivity index (χ1n) is 5.26. The zero-order valence-electron chi connectivity index (χ0n) is 9.01. The van der Waals surface area contributed by atoms with Gasteiger partial charge < -0.3 is 5.73 Å². The van der Waals surface area contributed by atoms with Gasteiger partial charge >= 0.3 is 0 Å². The number of pyridine rings is 1. The minimum atomic E-state index is -1.46. The molecule has 0 atom stereocenters. The molecule has 17 heavy (non-hydrogen) atoms. The summed E-state index contributed by atoms with van der Waals surface area (Å²) in [4.78, 5) is 3.99. The molecule has 1 aromatic carbocycles. The van der Waals surface area contributed by atoms with Gasteiger partial charge in [0.1, 0.15) is 0 Å². The summed E-state index contributed by atoms with van der Waals surface area (Å²) in [5.74, 6) is -3.83. The van der Waals surface area contributed by atoms with Gasteiger partial charge in [-0.2, -0.15) is 0 Å². The number of nitrogens with zero attached hydrogens (tertiary/aromatic N) is 1. The number of rotatable bonds is 3. The van der Waals surface area contributed by atoms with E-state index in [1.165, 1.54) is 12.3 Å². The predicted octanol–water partition coefficient (Wildman–Crippen LogP) is 2.54. The van der Waals surface area contributed by atoms with Crippen molar-refractivity contribution < 1.29 is 13.2 Å². The van der Waals surface area contributed by atoms with Gasteiger partial charge in [0, 0.05) is 11.6 Å². The molecule has 5 heteroatoms. The molecule has 0 saturated carbocycles. The zero-order valence-corrected chi connectivity index (χ0v) is 9.01. The van der Waals surface area contributed by atoms with Gasteiger partial charge in [-0.15, -0.1) is 0 Å². The van der Waals surface area contributed by atoms with Crippen molar-refractivity contribution in [1.82, 2.24) is 4.98 Å². The standard InChI is InChI=1S/C12H11F3N2/c13-8-6-7-3-5-17-9(2-1-4-16)10(7)12(15)11(8)14/h3,5-6H,1-2,4,16H2. The highest BCUT2D eigenvalue weighted by atomic mass is 19.2. The zero-order chi connectivity index (χ0) is 12.4. The molecule has 0 saturated heterocycles. The third kappa shape index (κ3) is 2.10. The Bertz CT molecular complexity index is 555. The number of aromatic nitrogens is 1. The normalized spacial score (nSPS) is 11.1. The van der Waals surface area contributed by atoms with Gasteiger partial charge in [0.15, 0.2) is 17.5 Å². The molecule has 1 aromatic heterocycles. The summed E-state index contributed by atoms with van der Waals surface area (Å²) in [6.07, 6.45) is 2.51. The first kappa shape index (κ1) is 11.9. The molecular weight excluding hydrogens is 229 g/mol. The van der Waals surface area contributed by atoms with Crippen molar-refractivity contribution in [1.29, 1.82) is 0 Å². The van der Waals surface area contributed by atoms with E-state index in [-0.39, 0.29) is 5.39 Å². The number of nitrogens with two attached hydrogens (primary N) is 1.